The summed E-state index contributed by atoms with van der Waals surface area (Å²) >= 11 is 0. The molecular weight excluding hydrogens is 492 g/mol. The Morgan fingerprint density at radius 1 is 1.08 bits per heavy atom. The molecule has 0 amide bonds. The van der Waals surface area contributed by atoms with E-state index in [0.29, 0.717) is 41.7 Å². The Bertz CT molecular complexity index is 1070. The molecule has 0 aromatic rings. The van der Waals surface area contributed by atoms with Crippen LogP contribution in [0, 0.1) is 23.7 Å². The number of carbonyl (C=O) groups is 2. The number of hydrogen-bond donors (Lipinski definition) is 1. The van der Waals surface area contributed by atoms with E-state index in [0.717, 1.165) is 25.7 Å². The van der Waals surface area contributed by atoms with Crippen LogP contribution in [0.1, 0.15) is 93.4 Å². The van der Waals surface area contributed by atoms with Gasteiger partial charge in [0.15, 0.2) is 11.6 Å². The fourth-order valence-corrected chi connectivity index (χ4v) is 6.81. The fraction of sp³-hybridized carbons (Fsp3) is 0.697. The van der Waals surface area contributed by atoms with Gasteiger partial charge in [0.25, 0.3) is 0 Å². The molecule has 2 saturated heterocycles. The predicted octanol–water partition coefficient (Wildman–Crippen LogP) is 6.39. The third kappa shape index (κ3) is 6.66. The molecular formula is C33H48O6. The van der Waals surface area contributed by atoms with E-state index in [2.05, 4.69) is 46.8 Å². The lowest BCUT2D eigenvalue weighted by atomic mass is 9.72. The molecule has 1 spiro atoms. The Kier molecular flexibility index (Phi) is 9.09. The quantitative estimate of drug-likeness (QED) is 0.307. The van der Waals surface area contributed by atoms with Crippen molar-refractivity contribution in [3.8, 4) is 0 Å². The van der Waals surface area contributed by atoms with Gasteiger partial charge in [0.2, 0.25) is 0 Å². The summed E-state index contributed by atoms with van der Waals surface area (Å²) in [5.74, 6) is -1.33. The molecule has 6 heteroatoms. The molecule has 39 heavy (non-hydrogen) atoms. The normalized spacial score (nSPS) is 44.0. The molecule has 4 aliphatic rings. The molecule has 8 atom stereocenters. The van der Waals surface area contributed by atoms with Crippen LogP contribution >= 0.6 is 0 Å². The molecule has 6 nitrogen and oxygen atoms in total. The second-order valence-electron chi connectivity index (χ2n) is 13.0. The summed E-state index contributed by atoms with van der Waals surface area (Å²) in [7, 11) is 0. The first kappa shape index (κ1) is 30.0. The van der Waals surface area contributed by atoms with Gasteiger partial charge < -0.3 is 19.3 Å². The van der Waals surface area contributed by atoms with Crippen LogP contribution in [0.4, 0.5) is 0 Å². The second-order valence-corrected chi connectivity index (χ2v) is 13.0. The highest BCUT2D eigenvalue weighted by Crippen LogP contribution is 2.45. The Labute approximate surface area is 234 Å². The molecule has 1 aliphatic carbocycles. The molecule has 0 saturated carbocycles. The first-order chi connectivity index (χ1) is 18.3. The van der Waals surface area contributed by atoms with E-state index in [1.807, 2.05) is 12.2 Å². The van der Waals surface area contributed by atoms with E-state index in [-0.39, 0.29) is 24.4 Å². The van der Waals surface area contributed by atoms with Crippen molar-refractivity contribution in [2.24, 2.45) is 23.7 Å². The molecule has 3 heterocycles. The monoisotopic (exact) mass is 540 g/mol. The number of hydrogen-bond acceptors (Lipinski definition) is 6. The number of rotatable bonds is 1. The van der Waals surface area contributed by atoms with Crippen LogP contribution in [0.25, 0.3) is 0 Å². The van der Waals surface area contributed by atoms with Crippen molar-refractivity contribution in [1.29, 1.82) is 0 Å². The number of aliphatic hydroxyl groups is 1. The van der Waals surface area contributed by atoms with Crippen molar-refractivity contribution in [3.63, 3.8) is 0 Å². The zero-order valence-electron chi connectivity index (χ0n) is 24.9. The van der Waals surface area contributed by atoms with E-state index in [4.69, 9.17) is 14.2 Å². The van der Waals surface area contributed by atoms with Crippen molar-refractivity contribution < 1.29 is 28.9 Å². The summed E-state index contributed by atoms with van der Waals surface area (Å²) in [6, 6.07) is 0. The van der Waals surface area contributed by atoms with E-state index >= 15 is 0 Å². The Hall–Kier alpha value is -2.02. The van der Waals surface area contributed by atoms with E-state index in [9.17, 15) is 14.7 Å². The lowest BCUT2D eigenvalue weighted by Crippen LogP contribution is -2.55. The zero-order valence-corrected chi connectivity index (χ0v) is 24.9. The third-order valence-electron chi connectivity index (χ3n) is 9.17. The first-order valence-corrected chi connectivity index (χ1v) is 14.8. The average molecular weight is 541 g/mol. The Morgan fingerprint density at radius 2 is 1.82 bits per heavy atom. The van der Waals surface area contributed by atoms with Gasteiger partial charge in [-0.05, 0) is 68.9 Å². The standard InChI is InChI=1S/C33H48O6/c1-20(2)30-23(5)13-14-32(39-30)18-27-17-26(38-32)12-11-22(4)15-21(3)9-8-10-25(7)33(36)19-29(34)24(6)16-28(33)31(35)37-27/h8-11,16,20-21,23,26-28,30,36H,12-15,17-19H2,1-7H3/b9-8+,22-11+,25-10+/t21-,23+,26+,27-,28-,30+,32+,33+/m0/s1. The lowest BCUT2D eigenvalue weighted by Gasteiger charge is -2.50. The summed E-state index contributed by atoms with van der Waals surface area (Å²) in [6.45, 7) is 14.4. The van der Waals surface area contributed by atoms with Gasteiger partial charge in [0, 0.05) is 25.7 Å². The molecule has 2 fully saturated rings. The van der Waals surface area contributed by atoms with Gasteiger partial charge in [-0.25, -0.2) is 0 Å². The Balaban J connectivity index is 1.71. The molecule has 0 aromatic heterocycles. The smallest absolute Gasteiger partial charge is 0.316 e. The molecule has 1 N–H and O–H groups in total. The van der Waals surface area contributed by atoms with Crippen LogP contribution in [-0.4, -0.2) is 46.6 Å². The zero-order chi connectivity index (χ0) is 28.5. The number of esters is 1. The van der Waals surface area contributed by atoms with Crippen LogP contribution < -0.4 is 0 Å². The maximum absolute atomic E-state index is 13.8. The maximum Gasteiger partial charge on any atom is 0.316 e. The largest absolute Gasteiger partial charge is 0.462 e. The topological polar surface area (TPSA) is 82.1 Å². The number of Topliss-reactive ketones (excluding diaryl/α,β-unsaturated/α-hetero) is 1. The average Bonchev–Trinajstić information content (AvgIpc) is 2.85. The number of allylic oxidation sites excluding steroid dienone is 5. The van der Waals surface area contributed by atoms with Crippen molar-refractivity contribution in [2.45, 2.75) is 123 Å². The highest BCUT2D eigenvalue weighted by atomic mass is 16.7. The van der Waals surface area contributed by atoms with Gasteiger partial charge in [0.1, 0.15) is 17.6 Å². The lowest BCUT2D eigenvalue weighted by molar-refractivity contribution is -0.340. The van der Waals surface area contributed by atoms with Gasteiger partial charge in [-0.3, -0.25) is 9.59 Å². The van der Waals surface area contributed by atoms with Gasteiger partial charge in [-0.2, -0.15) is 0 Å². The summed E-state index contributed by atoms with van der Waals surface area (Å²) in [5.41, 5.74) is 0.720. The maximum atomic E-state index is 13.8. The molecule has 3 aliphatic heterocycles. The third-order valence-corrected chi connectivity index (χ3v) is 9.17. The first-order valence-electron chi connectivity index (χ1n) is 14.8. The van der Waals surface area contributed by atoms with Crippen LogP contribution in [0.5, 0.6) is 0 Å². The van der Waals surface area contributed by atoms with Gasteiger partial charge in [0.05, 0.1) is 12.2 Å². The van der Waals surface area contributed by atoms with Gasteiger partial charge >= 0.3 is 5.97 Å². The minimum atomic E-state index is -1.63. The number of carbonyl (C=O) groups excluding carboxylic acids is 2. The van der Waals surface area contributed by atoms with Gasteiger partial charge in [-0.1, -0.05) is 63.6 Å². The fourth-order valence-electron chi connectivity index (χ4n) is 6.81. The molecule has 216 valence electrons. The SMILES string of the molecule is CC1=C[C@H]2C(=O)O[C@H]3C[C@@H](C/C=C(\C)C[C@@H](C)/C=C/C=C(\C)[C@]2(O)CC1=O)O[C@@]1(CC[C@@H](C)[C@@H](C(C)C)O1)C3. The molecule has 2 bridgehead atoms. The molecule has 0 aromatic carbocycles. The van der Waals surface area contributed by atoms with Crippen LogP contribution in [0.3, 0.4) is 0 Å². The molecule has 0 unspecified atom stereocenters. The highest BCUT2D eigenvalue weighted by Gasteiger charge is 2.51. The predicted molar refractivity (Wildman–Crippen MR) is 152 cm³/mol. The van der Waals surface area contributed by atoms with E-state index in [1.165, 1.54) is 5.57 Å². The van der Waals surface area contributed by atoms with Crippen LogP contribution in [0.15, 0.2) is 47.1 Å². The number of ether oxygens (including phenoxy) is 3. The highest BCUT2D eigenvalue weighted by molar-refractivity contribution is 5.99. The summed E-state index contributed by atoms with van der Waals surface area (Å²) < 4.78 is 19.6. The van der Waals surface area contributed by atoms with E-state index < -0.39 is 29.4 Å². The van der Waals surface area contributed by atoms with Gasteiger partial charge in [-0.15, -0.1) is 0 Å². The van der Waals surface area contributed by atoms with Crippen LogP contribution in [-0.2, 0) is 23.8 Å². The van der Waals surface area contributed by atoms with Crippen molar-refractivity contribution >= 4 is 11.8 Å². The van der Waals surface area contributed by atoms with Crippen molar-refractivity contribution in [2.75, 3.05) is 0 Å². The summed E-state index contributed by atoms with van der Waals surface area (Å²) in [5, 5.41) is 11.8. The van der Waals surface area contributed by atoms with E-state index in [1.54, 1.807) is 19.9 Å². The summed E-state index contributed by atoms with van der Waals surface area (Å²) in [4.78, 5) is 26.4. The van der Waals surface area contributed by atoms with Crippen LogP contribution in [0.2, 0.25) is 0 Å². The van der Waals surface area contributed by atoms with Crippen molar-refractivity contribution in [3.05, 3.63) is 47.1 Å². The summed E-state index contributed by atoms with van der Waals surface area (Å²) in [6.07, 6.45) is 13.5. The molecule has 0 radical (unpaired) electrons. The Morgan fingerprint density at radius 3 is 2.54 bits per heavy atom. The second kappa shape index (κ2) is 11.8. The van der Waals surface area contributed by atoms with Crippen molar-refractivity contribution in [1.82, 2.24) is 0 Å². The number of fused-ring (bicyclic) bond motifs is 3. The molecule has 4 rings (SSSR count). The number of ketones is 1. The minimum Gasteiger partial charge on any atom is -0.462 e. The minimum absolute atomic E-state index is 0.0736.